The molecule has 0 spiro atoms. The minimum Gasteiger partial charge on any atom is -0.156 e. The molecule has 0 unspecified atom stereocenters. The lowest BCUT2D eigenvalue weighted by molar-refractivity contribution is 0.547. The molecule has 60 valence electrons. The summed E-state index contributed by atoms with van der Waals surface area (Å²) < 4.78 is 0.570. The van der Waals surface area contributed by atoms with Gasteiger partial charge in [0.1, 0.15) is 0 Å². The molecule has 1 aliphatic rings. The SMILES string of the molecule is CC1(C)CCCCCCS1. The van der Waals surface area contributed by atoms with E-state index in [1.165, 1.54) is 37.9 Å². The van der Waals surface area contributed by atoms with E-state index in [-0.39, 0.29) is 0 Å². The van der Waals surface area contributed by atoms with E-state index in [9.17, 15) is 0 Å². The third kappa shape index (κ3) is 2.96. The molecule has 1 rings (SSSR count). The molecule has 0 aliphatic carbocycles. The number of hydrogen-bond donors (Lipinski definition) is 0. The maximum atomic E-state index is 2.38. The summed E-state index contributed by atoms with van der Waals surface area (Å²) in [5.74, 6) is 1.38. The van der Waals surface area contributed by atoms with Gasteiger partial charge < -0.3 is 0 Å². The van der Waals surface area contributed by atoms with Crippen LogP contribution in [0.15, 0.2) is 0 Å². The average molecular weight is 158 g/mol. The van der Waals surface area contributed by atoms with Gasteiger partial charge in [0.05, 0.1) is 0 Å². The van der Waals surface area contributed by atoms with Gasteiger partial charge in [0, 0.05) is 4.75 Å². The summed E-state index contributed by atoms with van der Waals surface area (Å²) in [6.07, 6.45) is 7.22. The maximum absolute atomic E-state index is 2.38. The van der Waals surface area contributed by atoms with Crippen molar-refractivity contribution in [2.24, 2.45) is 0 Å². The van der Waals surface area contributed by atoms with Crippen molar-refractivity contribution in [3.8, 4) is 0 Å². The second-order valence-electron chi connectivity index (χ2n) is 3.77. The molecule has 0 bridgehead atoms. The molecule has 10 heavy (non-hydrogen) atoms. The maximum Gasteiger partial charge on any atom is 0.0103 e. The first-order valence-corrected chi connectivity index (χ1v) is 5.33. The van der Waals surface area contributed by atoms with Crippen LogP contribution in [0.3, 0.4) is 0 Å². The Balaban J connectivity index is 2.30. The summed E-state index contributed by atoms with van der Waals surface area (Å²) >= 11 is 2.15. The van der Waals surface area contributed by atoms with Crippen LogP contribution in [0.5, 0.6) is 0 Å². The van der Waals surface area contributed by atoms with E-state index in [1.807, 2.05) is 0 Å². The highest BCUT2D eigenvalue weighted by Gasteiger charge is 2.18. The molecule has 0 amide bonds. The second-order valence-corrected chi connectivity index (χ2v) is 5.57. The van der Waals surface area contributed by atoms with Crippen LogP contribution < -0.4 is 0 Å². The van der Waals surface area contributed by atoms with Crippen molar-refractivity contribution < 1.29 is 0 Å². The van der Waals surface area contributed by atoms with Crippen LogP contribution >= 0.6 is 11.8 Å². The normalized spacial score (nSPS) is 27.0. The van der Waals surface area contributed by atoms with Crippen LogP contribution in [0.25, 0.3) is 0 Å². The van der Waals surface area contributed by atoms with Gasteiger partial charge in [-0.15, -0.1) is 0 Å². The van der Waals surface area contributed by atoms with E-state index in [1.54, 1.807) is 0 Å². The van der Waals surface area contributed by atoms with Crippen molar-refractivity contribution in [1.29, 1.82) is 0 Å². The quantitative estimate of drug-likeness (QED) is 0.520. The standard InChI is InChI=1S/C9H18S/c1-9(2)7-5-3-4-6-8-10-9/h3-8H2,1-2H3. The Hall–Kier alpha value is 0.350. The zero-order valence-electron chi connectivity index (χ0n) is 7.15. The first-order chi connectivity index (χ1) is 4.71. The molecule has 0 aromatic heterocycles. The van der Waals surface area contributed by atoms with E-state index >= 15 is 0 Å². The molecule has 1 heterocycles. The van der Waals surface area contributed by atoms with E-state index in [0.29, 0.717) is 4.75 Å². The fourth-order valence-corrected chi connectivity index (χ4v) is 2.62. The van der Waals surface area contributed by atoms with E-state index < -0.39 is 0 Å². The lowest BCUT2D eigenvalue weighted by Crippen LogP contribution is -2.16. The van der Waals surface area contributed by atoms with Gasteiger partial charge in [-0.3, -0.25) is 0 Å². The fraction of sp³-hybridized carbons (Fsp3) is 1.00. The van der Waals surface area contributed by atoms with Crippen molar-refractivity contribution in [3.63, 3.8) is 0 Å². The lowest BCUT2D eigenvalue weighted by atomic mass is 10.0. The summed E-state index contributed by atoms with van der Waals surface area (Å²) in [6.45, 7) is 4.76. The van der Waals surface area contributed by atoms with Gasteiger partial charge in [0.25, 0.3) is 0 Å². The van der Waals surface area contributed by atoms with E-state index in [2.05, 4.69) is 25.6 Å². The van der Waals surface area contributed by atoms with Crippen LogP contribution in [-0.2, 0) is 0 Å². The van der Waals surface area contributed by atoms with E-state index in [4.69, 9.17) is 0 Å². The van der Waals surface area contributed by atoms with Gasteiger partial charge in [0.2, 0.25) is 0 Å². The van der Waals surface area contributed by atoms with Gasteiger partial charge in [-0.05, 0) is 18.6 Å². The first kappa shape index (κ1) is 8.45. The molecule has 1 aliphatic heterocycles. The zero-order chi connectivity index (χ0) is 7.45. The molecular formula is C9H18S. The van der Waals surface area contributed by atoms with E-state index in [0.717, 1.165) is 0 Å². The van der Waals surface area contributed by atoms with Gasteiger partial charge in [-0.2, -0.15) is 11.8 Å². The fourth-order valence-electron chi connectivity index (χ4n) is 1.43. The summed E-state index contributed by atoms with van der Waals surface area (Å²) in [5, 5.41) is 0. The van der Waals surface area contributed by atoms with Gasteiger partial charge in [-0.1, -0.05) is 33.1 Å². The molecule has 1 saturated heterocycles. The number of thioether (sulfide) groups is 1. The minimum atomic E-state index is 0.570. The van der Waals surface area contributed by atoms with Crippen molar-refractivity contribution in [3.05, 3.63) is 0 Å². The summed E-state index contributed by atoms with van der Waals surface area (Å²) in [6, 6.07) is 0. The van der Waals surface area contributed by atoms with Crippen molar-refractivity contribution in [1.82, 2.24) is 0 Å². The van der Waals surface area contributed by atoms with Crippen molar-refractivity contribution in [2.75, 3.05) is 5.75 Å². The number of rotatable bonds is 0. The predicted octanol–water partition coefficient (Wildman–Crippen LogP) is 3.46. The second kappa shape index (κ2) is 3.66. The molecule has 1 fully saturated rings. The Morgan fingerprint density at radius 1 is 1.00 bits per heavy atom. The summed E-state index contributed by atoms with van der Waals surface area (Å²) in [7, 11) is 0. The predicted molar refractivity (Wildman–Crippen MR) is 49.6 cm³/mol. The molecule has 0 nitrogen and oxygen atoms in total. The molecule has 0 atom stereocenters. The van der Waals surface area contributed by atoms with Gasteiger partial charge in [-0.25, -0.2) is 0 Å². The van der Waals surface area contributed by atoms with Crippen LogP contribution in [0, 0.1) is 0 Å². The molecule has 0 N–H and O–H groups in total. The highest BCUT2D eigenvalue weighted by molar-refractivity contribution is 8.00. The molecule has 0 aromatic carbocycles. The largest absolute Gasteiger partial charge is 0.156 e. The van der Waals surface area contributed by atoms with Crippen LogP contribution in [0.1, 0.15) is 46.0 Å². The summed E-state index contributed by atoms with van der Waals surface area (Å²) in [4.78, 5) is 0. The number of hydrogen-bond acceptors (Lipinski definition) is 1. The molecule has 0 saturated carbocycles. The molecule has 1 heteroatoms. The highest BCUT2D eigenvalue weighted by atomic mass is 32.2. The Morgan fingerprint density at radius 3 is 2.50 bits per heavy atom. The first-order valence-electron chi connectivity index (χ1n) is 4.35. The molecular weight excluding hydrogens is 140 g/mol. The Kier molecular flexibility index (Phi) is 3.09. The smallest absolute Gasteiger partial charge is 0.0103 e. The molecule has 0 aromatic rings. The van der Waals surface area contributed by atoms with Crippen LogP contribution in [-0.4, -0.2) is 10.5 Å². The van der Waals surface area contributed by atoms with Crippen molar-refractivity contribution >= 4 is 11.8 Å². The van der Waals surface area contributed by atoms with Crippen molar-refractivity contribution in [2.45, 2.75) is 50.7 Å². The minimum absolute atomic E-state index is 0.570. The van der Waals surface area contributed by atoms with Gasteiger partial charge >= 0.3 is 0 Å². The average Bonchev–Trinajstić information content (AvgIpc) is 1.81. The lowest BCUT2D eigenvalue weighted by Gasteiger charge is -2.25. The van der Waals surface area contributed by atoms with Crippen LogP contribution in [0.2, 0.25) is 0 Å². The Morgan fingerprint density at radius 2 is 1.70 bits per heavy atom. The third-order valence-corrected chi connectivity index (χ3v) is 3.64. The monoisotopic (exact) mass is 158 g/mol. The molecule has 0 radical (unpaired) electrons. The topological polar surface area (TPSA) is 0 Å². The van der Waals surface area contributed by atoms with Gasteiger partial charge in [0.15, 0.2) is 0 Å². The third-order valence-electron chi connectivity index (χ3n) is 2.17. The zero-order valence-corrected chi connectivity index (χ0v) is 7.97. The highest BCUT2D eigenvalue weighted by Crippen LogP contribution is 2.33. The summed E-state index contributed by atoms with van der Waals surface area (Å²) in [5.41, 5.74) is 0. The van der Waals surface area contributed by atoms with Crippen LogP contribution in [0.4, 0.5) is 0 Å². The Labute approximate surface area is 68.8 Å². The Bertz CT molecular complexity index is 86.9.